The molecule has 0 spiro atoms. The molecular formula is C14H15N7O. The zero-order chi connectivity index (χ0) is 15.5. The number of aromatic amines is 1. The Balaban J connectivity index is 1.78. The van der Waals surface area contributed by atoms with Crippen LogP contribution in [-0.4, -0.2) is 32.1 Å². The van der Waals surface area contributed by atoms with Gasteiger partial charge in [-0.3, -0.25) is 9.89 Å². The molecule has 1 aromatic carbocycles. The average Bonchev–Trinajstić information content (AvgIpc) is 2.95. The van der Waals surface area contributed by atoms with Crippen molar-refractivity contribution in [1.82, 2.24) is 20.2 Å². The SMILES string of the molecule is C[C@@H](Nc1nccc(Nc2ccc3cn[nH]c3c2)n1)C(N)=O. The van der Waals surface area contributed by atoms with Crippen LogP contribution in [0.25, 0.3) is 10.9 Å². The number of rotatable bonds is 5. The largest absolute Gasteiger partial charge is 0.368 e. The molecule has 1 amide bonds. The van der Waals surface area contributed by atoms with Gasteiger partial charge in [0, 0.05) is 17.3 Å². The van der Waals surface area contributed by atoms with E-state index in [9.17, 15) is 4.79 Å². The smallest absolute Gasteiger partial charge is 0.239 e. The molecule has 8 nitrogen and oxygen atoms in total. The second-order valence-electron chi connectivity index (χ2n) is 4.83. The van der Waals surface area contributed by atoms with E-state index in [1.807, 2.05) is 18.2 Å². The van der Waals surface area contributed by atoms with Crippen molar-refractivity contribution in [2.75, 3.05) is 10.6 Å². The van der Waals surface area contributed by atoms with Crippen LogP contribution in [0.15, 0.2) is 36.7 Å². The number of nitrogens with zero attached hydrogens (tertiary/aromatic N) is 3. The Kier molecular flexibility index (Phi) is 3.57. The van der Waals surface area contributed by atoms with E-state index < -0.39 is 11.9 Å². The summed E-state index contributed by atoms with van der Waals surface area (Å²) < 4.78 is 0. The van der Waals surface area contributed by atoms with E-state index in [0.717, 1.165) is 16.6 Å². The third kappa shape index (κ3) is 2.95. The number of carbonyl (C=O) groups is 1. The molecule has 0 bridgehead atoms. The van der Waals surface area contributed by atoms with Crippen LogP contribution in [0.1, 0.15) is 6.92 Å². The van der Waals surface area contributed by atoms with E-state index in [1.54, 1.807) is 25.4 Å². The highest BCUT2D eigenvalue weighted by molar-refractivity contribution is 5.83. The van der Waals surface area contributed by atoms with E-state index in [1.165, 1.54) is 0 Å². The minimum atomic E-state index is -0.545. The first-order chi connectivity index (χ1) is 10.6. The molecule has 0 saturated carbocycles. The summed E-state index contributed by atoms with van der Waals surface area (Å²) in [5.74, 6) is 0.471. The number of fused-ring (bicyclic) bond motifs is 1. The van der Waals surface area contributed by atoms with Gasteiger partial charge in [0.05, 0.1) is 11.7 Å². The Morgan fingerprint density at radius 1 is 1.36 bits per heavy atom. The van der Waals surface area contributed by atoms with Crippen molar-refractivity contribution >= 4 is 34.3 Å². The molecule has 0 saturated heterocycles. The lowest BCUT2D eigenvalue weighted by atomic mass is 10.2. The van der Waals surface area contributed by atoms with Crippen LogP contribution < -0.4 is 16.4 Å². The quantitative estimate of drug-likeness (QED) is 0.564. The Morgan fingerprint density at radius 2 is 2.23 bits per heavy atom. The highest BCUT2D eigenvalue weighted by Gasteiger charge is 2.10. The van der Waals surface area contributed by atoms with Crippen LogP contribution in [-0.2, 0) is 4.79 Å². The third-order valence-electron chi connectivity index (χ3n) is 3.14. The summed E-state index contributed by atoms with van der Waals surface area (Å²) in [6.07, 6.45) is 3.36. The second-order valence-corrected chi connectivity index (χ2v) is 4.83. The van der Waals surface area contributed by atoms with Gasteiger partial charge < -0.3 is 16.4 Å². The van der Waals surface area contributed by atoms with Crippen LogP contribution in [0.4, 0.5) is 17.5 Å². The Bertz CT molecular complexity index is 814. The number of nitrogens with one attached hydrogen (secondary N) is 3. The van der Waals surface area contributed by atoms with Crippen molar-refractivity contribution in [2.24, 2.45) is 5.73 Å². The van der Waals surface area contributed by atoms with E-state index >= 15 is 0 Å². The topological polar surface area (TPSA) is 122 Å². The summed E-state index contributed by atoms with van der Waals surface area (Å²) in [6.45, 7) is 1.65. The summed E-state index contributed by atoms with van der Waals surface area (Å²) in [4.78, 5) is 19.4. The molecule has 2 heterocycles. The van der Waals surface area contributed by atoms with E-state index in [-0.39, 0.29) is 0 Å². The molecule has 22 heavy (non-hydrogen) atoms. The van der Waals surface area contributed by atoms with Crippen molar-refractivity contribution in [3.05, 3.63) is 36.7 Å². The van der Waals surface area contributed by atoms with E-state index in [0.29, 0.717) is 11.8 Å². The fourth-order valence-electron chi connectivity index (χ4n) is 1.93. The van der Waals surface area contributed by atoms with Gasteiger partial charge >= 0.3 is 0 Å². The molecule has 0 aliphatic rings. The molecule has 8 heteroatoms. The van der Waals surface area contributed by atoms with E-state index in [2.05, 4.69) is 30.8 Å². The molecule has 0 aliphatic carbocycles. The molecule has 3 rings (SSSR count). The lowest BCUT2D eigenvalue weighted by Crippen LogP contribution is -2.33. The number of primary amides is 1. The van der Waals surface area contributed by atoms with Gasteiger partial charge in [-0.25, -0.2) is 4.98 Å². The lowest BCUT2D eigenvalue weighted by molar-refractivity contribution is -0.118. The zero-order valence-corrected chi connectivity index (χ0v) is 11.9. The number of H-pyrrole nitrogens is 1. The van der Waals surface area contributed by atoms with E-state index in [4.69, 9.17) is 5.73 Å². The first kappa shape index (κ1) is 13.8. The highest BCUT2D eigenvalue weighted by Crippen LogP contribution is 2.20. The molecule has 112 valence electrons. The van der Waals surface area contributed by atoms with Gasteiger partial charge in [0.15, 0.2) is 0 Å². The normalized spacial score (nSPS) is 12.0. The number of hydrogen-bond donors (Lipinski definition) is 4. The molecule has 3 aromatic rings. The predicted octanol–water partition coefficient (Wildman–Crippen LogP) is 1.38. The number of nitrogens with two attached hydrogens (primary N) is 1. The Morgan fingerprint density at radius 3 is 3.05 bits per heavy atom. The maximum atomic E-state index is 11.1. The van der Waals surface area contributed by atoms with Crippen molar-refractivity contribution in [3.8, 4) is 0 Å². The van der Waals surface area contributed by atoms with Crippen LogP contribution >= 0.6 is 0 Å². The fourth-order valence-corrected chi connectivity index (χ4v) is 1.93. The van der Waals surface area contributed by atoms with Gasteiger partial charge in [-0.05, 0) is 31.2 Å². The van der Waals surface area contributed by atoms with Gasteiger partial charge in [0.1, 0.15) is 11.9 Å². The van der Waals surface area contributed by atoms with Crippen molar-refractivity contribution in [2.45, 2.75) is 13.0 Å². The van der Waals surface area contributed by atoms with Crippen LogP contribution in [0.5, 0.6) is 0 Å². The highest BCUT2D eigenvalue weighted by atomic mass is 16.1. The average molecular weight is 297 g/mol. The summed E-state index contributed by atoms with van der Waals surface area (Å²) in [5, 5.41) is 13.9. The molecule has 1 atom stereocenters. The summed E-state index contributed by atoms with van der Waals surface area (Å²) >= 11 is 0. The first-order valence-corrected chi connectivity index (χ1v) is 6.71. The van der Waals surface area contributed by atoms with Crippen molar-refractivity contribution in [3.63, 3.8) is 0 Å². The maximum Gasteiger partial charge on any atom is 0.239 e. The van der Waals surface area contributed by atoms with Crippen LogP contribution in [0, 0.1) is 0 Å². The second kappa shape index (κ2) is 5.68. The third-order valence-corrected chi connectivity index (χ3v) is 3.14. The van der Waals surface area contributed by atoms with Crippen molar-refractivity contribution in [1.29, 1.82) is 0 Å². The maximum absolute atomic E-state index is 11.1. The first-order valence-electron chi connectivity index (χ1n) is 6.71. The molecule has 5 N–H and O–H groups in total. The molecular weight excluding hydrogens is 282 g/mol. The number of amides is 1. The number of anilines is 3. The lowest BCUT2D eigenvalue weighted by Gasteiger charge is -2.11. The van der Waals surface area contributed by atoms with Gasteiger partial charge in [-0.1, -0.05) is 0 Å². The Hall–Kier alpha value is -3.16. The van der Waals surface area contributed by atoms with Crippen molar-refractivity contribution < 1.29 is 4.79 Å². The molecule has 0 aliphatic heterocycles. The zero-order valence-electron chi connectivity index (χ0n) is 11.9. The molecule has 0 unspecified atom stereocenters. The van der Waals surface area contributed by atoms with Gasteiger partial charge in [0.2, 0.25) is 11.9 Å². The summed E-state index contributed by atoms with van der Waals surface area (Å²) in [6, 6.07) is 7.01. The summed E-state index contributed by atoms with van der Waals surface area (Å²) in [5.41, 5.74) is 7.00. The minimum absolute atomic E-state index is 0.332. The van der Waals surface area contributed by atoms with Gasteiger partial charge in [0.25, 0.3) is 0 Å². The predicted molar refractivity (Wildman–Crippen MR) is 83.7 cm³/mol. The van der Waals surface area contributed by atoms with Crippen LogP contribution in [0.2, 0.25) is 0 Å². The number of hydrogen-bond acceptors (Lipinski definition) is 6. The Labute approximate surface area is 126 Å². The van der Waals surface area contributed by atoms with Crippen LogP contribution in [0.3, 0.4) is 0 Å². The number of carbonyl (C=O) groups excluding carboxylic acids is 1. The number of aromatic nitrogens is 4. The number of benzene rings is 1. The monoisotopic (exact) mass is 297 g/mol. The molecule has 0 radical (unpaired) electrons. The van der Waals surface area contributed by atoms with Gasteiger partial charge in [-0.2, -0.15) is 10.1 Å². The van der Waals surface area contributed by atoms with Gasteiger partial charge in [-0.15, -0.1) is 0 Å². The molecule has 0 fully saturated rings. The standard InChI is InChI=1S/C14H15N7O/c1-8(13(15)22)18-14-16-5-4-12(20-14)19-10-3-2-9-7-17-21-11(9)6-10/h2-8H,1H3,(H2,15,22)(H,17,21)(H2,16,18,19,20)/t8-/m1/s1. The minimum Gasteiger partial charge on any atom is -0.368 e. The fraction of sp³-hybridized carbons (Fsp3) is 0.143. The summed E-state index contributed by atoms with van der Waals surface area (Å²) in [7, 11) is 0. The molecule has 2 aromatic heterocycles.